The monoisotopic (exact) mass is 139 g/mol. The van der Waals surface area contributed by atoms with Gasteiger partial charge >= 0.3 is 5.76 Å². The smallest absolute Gasteiger partial charge is 0.416 e. The first-order valence-electron chi connectivity index (χ1n) is 3.54. The van der Waals surface area contributed by atoms with Gasteiger partial charge in [0.1, 0.15) is 6.26 Å². The topological polar surface area (TPSA) is 46.0 Å². The van der Waals surface area contributed by atoms with Crippen LogP contribution in [0.1, 0.15) is 30.9 Å². The molecular formula is C7H9NO2. The van der Waals surface area contributed by atoms with Crippen LogP contribution in [0, 0.1) is 0 Å². The molecular weight excluding hydrogens is 130 g/mol. The van der Waals surface area contributed by atoms with E-state index in [0.29, 0.717) is 5.92 Å². The van der Waals surface area contributed by atoms with Crippen molar-refractivity contribution in [2.24, 2.45) is 0 Å². The van der Waals surface area contributed by atoms with Gasteiger partial charge in [0, 0.05) is 5.92 Å². The highest BCUT2D eigenvalue weighted by atomic mass is 16.4. The van der Waals surface area contributed by atoms with Gasteiger partial charge in [-0.05, 0) is 12.8 Å². The summed E-state index contributed by atoms with van der Waals surface area (Å²) in [5.74, 6) is 0.230. The van der Waals surface area contributed by atoms with Crippen LogP contribution in [0.25, 0.3) is 0 Å². The number of aromatic amines is 1. The SMILES string of the molecule is O=c1[nH]c(C2CCC2)co1. The van der Waals surface area contributed by atoms with Crippen LogP contribution in [-0.2, 0) is 0 Å². The van der Waals surface area contributed by atoms with Crippen molar-refractivity contribution >= 4 is 0 Å². The molecule has 3 nitrogen and oxygen atoms in total. The van der Waals surface area contributed by atoms with Gasteiger partial charge in [-0.1, -0.05) is 6.42 Å². The highest BCUT2D eigenvalue weighted by Crippen LogP contribution is 2.34. The molecule has 1 saturated carbocycles. The fraction of sp³-hybridized carbons (Fsp3) is 0.571. The van der Waals surface area contributed by atoms with Gasteiger partial charge in [0.2, 0.25) is 0 Å². The van der Waals surface area contributed by atoms with Gasteiger partial charge in [0.25, 0.3) is 0 Å². The van der Waals surface area contributed by atoms with E-state index in [4.69, 9.17) is 0 Å². The van der Waals surface area contributed by atoms with Crippen LogP contribution in [0.5, 0.6) is 0 Å². The van der Waals surface area contributed by atoms with Gasteiger partial charge in [-0.3, -0.25) is 4.98 Å². The Morgan fingerprint density at radius 1 is 1.60 bits per heavy atom. The van der Waals surface area contributed by atoms with Gasteiger partial charge in [-0.15, -0.1) is 0 Å². The highest BCUT2D eigenvalue weighted by Gasteiger charge is 2.21. The average molecular weight is 139 g/mol. The molecule has 1 fully saturated rings. The van der Waals surface area contributed by atoms with Crippen molar-refractivity contribution in [1.82, 2.24) is 4.98 Å². The van der Waals surface area contributed by atoms with Gasteiger partial charge < -0.3 is 4.42 Å². The van der Waals surface area contributed by atoms with E-state index in [1.54, 1.807) is 0 Å². The van der Waals surface area contributed by atoms with Crippen LogP contribution in [0.3, 0.4) is 0 Å². The maximum Gasteiger partial charge on any atom is 0.416 e. The fourth-order valence-electron chi connectivity index (χ4n) is 1.21. The second-order valence-corrected chi connectivity index (χ2v) is 2.73. The Labute approximate surface area is 58.1 Å². The maximum atomic E-state index is 10.5. The summed E-state index contributed by atoms with van der Waals surface area (Å²) >= 11 is 0. The molecule has 0 aromatic carbocycles. The lowest BCUT2D eigenvalue weighted by Crippen LogP contribution is -2.10. The molecule has 1 heterocycles. The summed E-state index contributed by atoms with van der Waals surface area (Å²) in [7, 11) is 0. The first-order valence-corrected chi connectivity index (χ1v) is 3.54. The minimum atomic E-state index is -0.332. The predicted octanol–water partition coefficient (Wildman–Crippen LogP) is 1.24. The molecule has 1 N–H and O–H groups in total. The Morgan fingerprint density at radius 3 is 2.80 bits per heavy atom. The molecule has 0 bridgehead atoms. The summed E-state index contributed by atoms with van der Waals surface area (Å²) < 4.78 is 4.61. The van der Waals surface area contributed by atoms with Crippen LogP contribution < -0.4 is 5.76 Å². The Kier molecular flexibility index (Phi) is 1.16. The summed E-state index contributed by atoms with van der Waals surface area (Å²) in [6, 6.07) is 0. The normalized spacial score (nSPS) is 18.8. The Hall–Kier alpha value is -0.990. The quantitative estimate of drug-likeness (QED) is 0.636. The third-order valence-corrected chi connectivity index (χ3v) is 2.08. The number of oxazole rings is 1. The highest BCUT2D eigenvalue weighted by molar-refractivity contribution is 5.04. The predicted molar refractivity (Wildman–Crippen MR) is 35.9 cm³/mol. The molecule has 1 aliphatic carbocycles. The number of H-pyrrole nitrogens is 1. The molecule has 3 heteroatoms. The first-order chi connectivity index (χ1) is 4.86. The first kappa shape index (κ1) is 5.77. The molecule has 1 aliphatic rings. The van der Waals surface area contributed by atoms with Crippen molar-refractivity contribution < 1.29 is 4.42 Å². The van der Waals surface area contributed by atoms with E-state index in [0.717, 1.165) is 5.69 Å². The summed E-state index contributed by atoms with van der Waals surface area (Å²) in [6.45, 7) is 0. The van der Waals surface area contributed by atoms with E-state index < -0.39 is 0 Å². The Bertz CT molecular complexity index is 269. The van der Waals surface area contributed by atoms with E-state index in [1.807, 2.05) is 0 Å². The molecule has 10 heavy (non-hydrogen) atoms. The van der Waals surface area contributed by atoms with Crippen molar-refractivity contribution in [1.29, 1.82) is 0 Å². The lowest BCUT2D eigenvalue weighted by molar-refractivity contribution is 0.409. The van der Waals surface area contributed by atoms with Gasteiger partial charge in [-0.25, -0.2) is 4.79 Å². The summed E-state index contributed by atoms with van der Waals surface area (Å²) in [4.78, 5) is 13.2. The third-order valence-electron chi connectivity index (χ3n) is 2.08. The summed E-state index contributed by atoms with van der Waals surface area (Å²) in [5.41, 5.74) is 0.969. The molecule has 0 unspecified atom stereocenters. The largest absolute Gasteiger partial charge is 0.416 e. The van der Waals surface area contributed by atoms with E-state index in [1.165, 1.54) is 25.5 Å². The molecule has 0 atom stereocenters. The second kappa shape index (κ2) is 2.01. The van der Waals surface area contributed by atoms with Crippen molar-refractivity contribution in [3.05, 3.63) is 22.5 Å². The van der Waals surface area contributed by atoms with E-state index in [9.17, 15) is 4.79 Å². The average Bonchev–Trinajstić information content (AvgIpc) is 2.10. The number of rotatable bonds is 1. The number of aromatic nitrogens is 1. The standard InChI is InChI=1S/C7H9NO2/c9-7-8-6(4-10-7)5-2-1-3-5/h4-5H,1-3H2,(H,8,9). The molecule has 0 spiro atoms. The lowest BCUT2D eigenvalue weighted by atomic mass is 9.83. The fourth-order valence-corrected chi connectivity index (χ4v) is 1.21. The Morgan fingerprint density at radius 2 is 2.40 bits per heavy atom. The number of hydrogen-bond acceptors (Lipinski definition) is 2. The van der Waals surface area contributed by atoms with E-state index in [-0.39, 0.29) is 5.76 Å². The van der Waals surface area contributed by atoms with Crippen molar-refractivity contribution in [3.8, 4) is 0 Å². The van der Waals surface area contributed by atoms with Crippen molar-refractivity contribution in [3.63, 3.8) is 0 Å². The van der Waals surface area contributed by atoms with E-state index in [2.05, 4.69) is 9.40 Å². The second-order valence-electron chi connectivity index (χ2n) is 2.73. The molecule has 1 aromatic rings. The summed E-state index contributed by atoms with van der Waals surface area (Å²) in [6.07, 6.45) is 5.19. The zero-order valence-electron chi connectivity index (χ0n) is 5.59. The third kappa shape index (κ3) is 0.781. The molecule has 0 saturated heterocycles. The minimum absolute atomic E-state index is 0.332. The molecule has 2 rings (SSSR count). The zero-order valence-corrected chi connectivity index (χ0v) is 5.59. The van der Waals surface area contributed by atoms with Crippen LogP contribution in [0.4, 0.5) is 0 Å². The summed E-state index contributed by atoms with van der Waals surface area (Å²) in [5, 5.41) is 0. The number of nitrogens with one attached hydrogen (secondary N) is 1. The van der Waals surface area contributed by atoms with Crippen LogP contribution in [0.15, 0.2) is 15.5 Å². The van der Waals surface area contributed by atoms with E-state index >= 15 is 0 Å². The van der Waals surface area contributed by atoms with Crippen molar-refractivity contribution in [2.75, 3.05) is 0 Å². The molecule has 0 amide bonds. The molecule has 0 aliphatic heterocycles. The van der Waals surface area contributed by atoms with Crippen LogP contribution in [0.2, 0.25) is 0 Å². The minimum Gasteiger partial charge on any atom is -0.416 e. The van der Waals surface area contributed by atoms with Gasteiger partial charge in [0.15, 0.2) is 0 Å². The van der Waals surface area contributed by atoms with Gasteiger partial charge in [-0.2, -0.15) is 0 Å². The van der Waals surface area contributed by atoms with Crippen LogP contribution >= 0.6 is 0 Å². The molecule has 1 aromatic heterocycles. The molecule has 0 radical (unpaired) electrons. The van der Waals surface area contributed by atoms with Crippen LogP contribution in [-0.4, -0.2) is 4.98 Å². The Balaban J connectivity index is 2.25. The maximum absolute atomic E-state index is 10.5. The zero-order chi connectivity index (χ0) is 6.97. The van der Waals surface area contributed by atoms with Crippen molar-refractivity contribution in [2.45, 2.75) is 25.2 Å². The molecule has 54 valence electrons. The lowest BCUT2D eigenvalue weighted by Gasteiger charge is -2.22. The van der Waals surface area contributed by atoms with Gasteiger partial charge in [0.05, 0.1) is 5.69 Å². The number of hydrogen-bond donors (Lipinski definition) is 1.